The number of imidazole rings is 1. The molecule has 0 saturated heterocycles. The van der Waals surface area contributed by atoms with Gasteiger partial charge in [-0.15, -0.1) is 0 Å². The van der Waals surface area contributed by atoms with Gasteiger partial charge >= 0.3 is 0 Å². The average Bonchev–Trinajstić information content (AvgIpc) is 3.07. The molecule has 3 rings (SSSR count). The molecule has 1 heterocycles. The highest BCUT2D eigenvalue weighted by atomic mass is 35.5. The Morgan fingerprint density at radius 3 is 2.68 bits per heavy atom. The second-order valence-corrected chi connectivity index (χ2v) is 7.30. The van der Waals surface area contributed by atoms with Gasteiger partial charge in [0, 0.05) is 25.6 Å². The lowest BCUT2D eigenvalue weighted by atomic mass is 10.2. The minimum atomic E-state index is -0.300. The van der Waals surface area contributed by atoms with E-state index in [1.54, 1.807) is 25.2 Å². The molecule has 0 aliphatic heterocycles. The Bertz CT molecular complexity index is 970. The lowest BCUT2D eigenvalue weighted by Gasteiger charge is -2.17. The van der Waals surface area contributed by atoms with Crippen LogP contribution in [0.3, 0.4) is 0 Å². The van der Waals surface area contributed by atoms with Crippen molar-refractivity contribution < 1.29 is 9.59 Å². The van der Waals surface area contributed by atoms with Crippen LogP contribution in [0.2, 0.25) is 10.0 Å². The number of carbonyl (C=O) groups excluding carboxylic acids is 2. The molecular weight excluding hydrogens is 399 g/mol. The molecule has 0 bridgehead atoms. The van der Waals surface area contributed by atoms with Crippen molar-refractivity contribution in [3.8, 4) is 0 Å². The maximum Gasteiger partial charge on any atom is 0.243 e. The number of aromatic nitrogens is 2. The van der Waals surface area contributed by atoms with E-state index >= 15 is 0 Å². The van der Waals surface area contributed by atoms with Crippen LogP contribution in [-0.2, 0) is 16.0 Å². The maximum atomic E-state index is 12.3. The molecule has 0 atom stereocenters. The van der Waals surface area contributed by atoms with E-state index in [-0.39, 0.29) is 18.4 Å². The minimum Gasteiger partial charge on any atom is -0.342 e. The van der Waals surface area contributed by atoms with Crippen LogP contribution in [0.5, 0.6) is 0 Å². The molecule has 0 fully saturated rings. The number of halogens is 2. The second-order valence-electron chi connectivity index (χ2n) is 6.48. The summed E-state index contributed by atoms with van der Waals surface area (Å²) >= 11 is 11.8. The SMILES string of the molecule is CN(CC(=O)Nc1ccc(Cl)c(Cl)c1)C(=O)CCCc1nc2ccccc2[nH]1. The first-order valence-corrected chi connectivity index (χ1v) is 9.60. The van der Waals surface area contributed by atoms with Crippen LogP contribution in [0.15, 0.2) is 42.5 Å². The van der Waals surface area contributed by atoms with E-state index in [1.165, 1.54) is 4.90 Å². The summed E-state index contributed by atoms with van der Waals surface area (Å²) in [5.41, 5.74) is 2.44. The number of hydrogen-bond donors (Lipinski definition) is 2. The van der Waals surface area contributed by atoms with E-state index in [0.29, 0.717) is 35.0 Å². The molecule has 2 amide bonds. The van der Waals surface area contributed by atoms with E-state index < -0.39 is 0 Å². The fourth-order valence-electron chi connectivity index (χ4n) is 2.80. The number of para-hydroxylation sites is 2. The summed E-state index contributed by atoms with van der Waals surface area (Å²) in [6.07, 6.45) is 1.66. The van der Waals surface area contributed by atoms with Crippen molar-refractivity contribution in [2.45, 2.75) is 19.3 Å². The van der Waals surface area contributed by atoms with E-state index in [0.717, 1.165) is 16.9 Å². The molecule has 146 valence electrons. The van der Waals surface area contributed by atoms with Crippen molar-refractivity contribution in [3.63, 3.8) is 0 Å². The molecule has 2 aromatic carbocycles. The number of nitrogens with zero attached hydrogens (tertiary/aromatic N) is 2. The minimum absolute atomic E-state index is 0.0380. The molecule has 0 saturated carbocycles. The van der Waals surface area contributed by atoms with Gasteiger partial charge < -0.3 is 15.2 Å². The average molecular weight is 419 g/mol. The first-order chi connectivity index (χ1) is 13.4. The largest absolute Gasteiger partial charge is 0.342 e. The van der Waals surface area contributed by atoms with Gasteiger partial charge in [-0.3, -0.25) is 9.59 Å². The summed E-state index contributed by atoms with van der Waals surface area (Å²) < 4.78 is 0. The highest BCUT2D eigenvalue weighted by Crippen LogP contribution is 2.24. The third-order valence-corrected chi connectivity index (χ3v) is 4.99. The Balaban J connectivity index is 1.44. The van der Waals surface area contributed by atoms with Gasteiger partial charge in [-0.25, -0.2) is 4.98 Å². The van der Waals surface area contributed by atoms with Crippen molar-refractivity contribution in [2.75, 3.05) is 18.9 Å². The molecular formula is C20H20Cl2N4O2. The standard InChI is InChI=1S/C20H20Cl2N4O2/c1-26(12-19(27)23-13-9-10-14(21)15(22)11-13)20(28)8-4-7-18-24-16-5-2-3-6-17(16)25-18/h2-3,5-6,9-11H,4,7-8,12H2,1H3,(H,23,27)(H,24,25). The predicted octanol–water partition coefficient (Wildman–Crippen LogP) is 4.29. The monoisotopic (exact) mass is 418 g/mol. The van der Waals surface area contributed by atoms with Crippen molar-refractivity contribution in [2.24, 2.45) is 0 Å². The summed E-state index contributed by atoms with van der Waals surface area (Å²) in [7, 11) is 1.61. The number of H-pyrrole nitrogens is 1. The number of anilines is 1. The number of benzene rings is 2. The lowest BCUT2D eigenvalue weighted by Crippen LogP contribution is -2.34. The molecule has 1 aromatic heterocycles. The Hall–Kier alpha value is -2.57. The van der Waals surface area contributed by atoms with Crippen LogP contribution in [0, 0.1) is 0 Å². The predicted molar refractivity (Wildman–Crippen MR) is 112 cm³/mol. The number of likely N-dealkylation sites (N-methyl/N-ethyl adjacent to an activating group) is 1. The van der Waals surface area contributed by atoms with Gasteiger partial charge in [-0.2, -0.15) is 0 Å². The molecule has 8 heteroatoms. The van der Waals surface area contributed by atoms with Gasteiger partial charge in [0.1, 0.15) is 5.82 Å². The molecule has 0 radical (unpaired) electrons. The van der Waals surface area contributed by atoms with Crippen LogP contribution in [0.25, 0.3) is 11.0 Å². The normalized spacial score (nSPS) is 10.8. The molecule has 2 N–H and O–H groups in total. The van der Waals surface area contributed by atoms with E-state index in [2.05, 4.69) is 15.3 Å². The first kappa shape index (κ1) is 20.2. The molecule has 0 spiro atoms. The lowest BCUT2D eigenvalue weighted by molar-refractivity contribution is -0.133. The van der Waals surface area contributed by atoms with Crippen molar-refractivity contribution in [3.05, 3.63) is 58.3 Å². The number of hydrogen-bond acceptors (Lipinski definition) is 3. The number of carbonyl (C=O) groups is 2. The molecule has 0 unspecified atom stereocenters. The molecule has 3 aromatic rings. The highest BCUT2D eigenvalue weighted by Gasteiger charge is 2.14. The quantitative estimate of drug-likeness (QED) is 0.600. The number of rotatable bonds is 7. The zero-order valence-electron chi connectivity index (χ0n) is 15.3. The van der Waals surface area contributed by atoms with Gasteiger partial charge in [-0.05, 0) is 36.8 Å². The number of fused-ring (bicyclic) bond motifs is 1. The molecule has 6 nitrogen and oxygen atoms in total. The van der Waals surface area contributed by atoms with Crippen LogP contribution >= 0.6 is 23.2 Å². The Labute approximate surface area is 172 Å². The zero-order chi connectivity index (χ0) is 20.1. The third-order valence-electron chi connectivity index (χ3n) is 4.25. The van der Waals surface area contributed by atoms with Gasteiger partial charge in [0.15, 0.2) is 0 Å². The maximum absolute atomic E-state index is 12.3. The molecule has 0 aliphatic carbocycles. The number of nitrogens with one attached hydrogen (secondary N) is 2. The van der Waals surface area contributed by atoms with Crippen LogP contribution in [-0.4, -0.2) is 40.3 Å². The van der Waals surface area contributed by atoms with Crippen molar-refractivity contribution in [1.29, 1.82) is 0 Å². The zero-order valence-corrected chi connectivity index (χ0v) is 16.8. The van der Waals surface area contributed by atoms with Crippen molar-refractivity contribution >= 4 is 51.7 Å². The van der Waals surface area contributed by atoms with Crippen LogP contribution in [0.4, 0.5) is 5.69 Å². The summed E-state index contributed by atoms with van der Waals surface area (Å²) in [6, 6.07) is 12.6. The molecule has 0 aliphatic rings. The van der Waals surface area contributed by atoms with Gasteiger partial charge in [-0.1, -0.05) is 35.3 Å². The number of aromatic amines is 1. The molecule has 28 heavy (non-hydrogen) atoms. The number of amides is 2. The topological polar surface area (TPSA) is 78.1 Å². The summed E-state index contributed by atoms with van der Waals surface area (Å²) in [4.78, 5) is 33.5. The fraction of sp³-hybridized carbons (Fsp3) is 0.250. The van der Waals surface area contributed by atoms with E-state index in [1.807, 2.05) is 24.3 Å². The Morgan fingerprint density at radius 2 is 1.93 bits per heavy atom. The number of aryl methyl sites for hydroxylation is 1. The summed E-state index contributed by atoms with van der Waals surface area (Å²) in [6.45, 7) is -0.0380. The third kappa shape index (κ3) is 5.24. The fourth-order valence-corrected chi connectivity index (χ4v) is 3.10. The van der Waals surface area contributed by atoms with Crippen LogP contribution < -0.4 is 5.32 Å². The van der Waals surface area contributed by atoms with Gasteiger partial charge in [0.2, 0.25) is 11.8 Å². The first-order valence-electron chi connectivity index (χ1n) is 8.85. The smallest absolute Gasteiger partial charge is 0.243 e. The van der Waals surface area contributed by atoms with Gasteiger partial charge in [0.25, 0.3) is 0 Å². The van der Waals surface area contributed by atoms with Crippen LogP contribution in [0.1, 0.15) is 18.7 Å². The summed E-state index contributed by atoms with van der Waals surface area (Å²) in [5.74, 6) is 0.459. The van der Waals surface area contributed by atoms with E-state index in [9.17, 15) is 9.59 Å². The highest BCUT2D eigenvalue weighted by molar-refractivity contribution is 6.42. The Kier molecular flexibility index (Phi) is 6.54. The second kappa shape index (κ2) is 9.08. The van der Waals surface area contributed by atoms with Crippen molar-refractivity contribution in [1.82, 2.24) is 14.9 Å². The van der Waals surface area contributed by atoms with E-state index in [4.69, 9.17) is 23.2 Å². The summed E-state index contributed by atoms with van der Waals surface area (Å²) in [5, 5.41) is 3.47. The van der Waals surface area contributed by atoms with Gasteiger partial charge in [0.05, 0.1) is 27.6 Å². The Morgan fingerprint density at radius 1 is 1.14 bits per heavy atom.